The Bertz CT molecular complexity index is 467. The van der Waals surface area contributed by atoms with E-state index in [1.165, 1.54) is 0 Å². The summed E-state index contributed by atoms with van der Waals surface area (Å²) in [5.74, 6) is 0.541. The number of hydrogen-bond donors (Lipinski definition) is 2. The Labute approximate surface area is 119 Å². The SMILES string of the molecule is CC(C)Oc1ccc(NC(=O)C(C)(C)C(N)=S)cc1. The molecule has 0 atom stereocenters. The molecular formula is C14H20N2O2S. The van der Waals surface area contributed by atoms with Crippen LogP contribution in [0.2, 0.25) is 0 Å². The first-order valence-corrected chi connectivity index (χ1v) is 6.52. The molecule has 5 heteroatoms. The van der Waals surface area contributed by atoms with Gasteiger partial charge < -0.3 is 15.8 Å². The molecule has 0 bridgehead atoms. The van der Waals surface area contributed by atoms with E-state index in [-0.39, 0.29) is 17.0 Å². The molecule has 0 spiro atoms. The first-order chi connectivity index (χ1) is 8.73. The Morgan fingerprint density at radius 2 is 1.84 bits per heavy atom. The van der Waals surface area contributed by atoms with E-state index in [0.717, 1.165) is 5.75 Å². The highest BCUT2D eigenvalue weighted by molar-refractivity contribution is 7.80. The van der Waals surface area contributed by atoms with Gasteiger partial charge in [0.1, 0.15) is 5.75 Å². The van der Waals surface area contributed by atoms with Crippen LogP contribution in [0.5, 0.6) is 5.75 Å². The highest BCUT2D eigenvalue weighted by atomic mass is 32.1. The second-order valence-electron chi connectivity index (χ2n) is 5.13. The summed E-state index contributed by atoms with van der Waals surface area (Å²) in [5, 5.41) is 2.78. The summed E-state index contributed by atoms with van der Waals surface area (Å²) in [6.45, 7) is 7.31. The second kappa shape index (κ2) is 6.02. The lowest BCUT2D eigenvalue weighted by molar-refractivity contribution is -0.121. The molecule has 1 rings (SSSR count). The molecule has 0 radical (unpaired) electrons. The van der Waals surface area contributed by atoms with E-state index in [4.69, 9.17) is 22.7 Å². The Morgan fingerprint density at radius 3 is 2.26 bits per heavy atom. The predicted molar refractivity (Wildman–Crippen MR) is 81.4 cm³/mol. The maximum absolute atomic E-state index is 12.0. The Balaban J connectivity index is 2.73. The van der Waals surface area contributed by atoms with Crippen LogP contribution in [-0.2, 0) is 4.79 Å². The van der Waals surface area contributed by atoms with Crippen molar-refractivity contribution in [2.75, 3.05) is 5.32 Å². The van der Waals surface area contributed by atoms with Gasteiger partial charge in [0.05, 0.1) is 16.5 Å². The molecule has 0 saturated carbocycles. The molecule has 0 unspecified atom stereocenters. The molecule has 0 aliphatic carbocycles. The van der Waals surface area contributed by atoms with Crippen LogP contribution in [0.25, 0.3) is 0 Å². The summed E-state index contributed by atoms with van der Waals surface area (Å²) in [4.78, 5) is 12.2. The summed E-state index contributed by atoms with van der Waals surface area (Å²) < 4.78 is 5.53. The first-order valence-electron chi connectivity index (χ1n) is 6.11. The van der Waals surface area contributed by atoms with E-state index in [1.54, 1.807) is 26.0 Å². The zero-order valence-electron chi connectivity index (χ0n) is 11.7. The van der Waals surface area contributed by atoms with Crippen LogP contribution in [0, 0.1) is 5.41 Å². The molecule has 1 aromatic rings. The molecule has 104 valence electrons. The van der Waals surface area contributed by atoms with Crippen molar-refractivity contribution in [3.05, 3.63) is 24.3 Å². The molecule has 4 nitrogen and oxygen atoms in total. The van der Waals surface area contributed by atoms with E-state index < -0.39 is 5.41 Å². The number of carbonyl (C=O) groups excluding carboxylic acids is 1. The maximum Gasteiger partial charge on any atom is 0.236 e. The lowest BCUT2D eigenvalue weighted by Crippen LogP contribution is -2.41. The number of amides is 1. The standard InChI is InChI=1S/C14H20N2O2S/c1-9(2)18-11-7-5-10(6-8-11)16-13(17)14(3,4)12(15)19/h5-9H,1-4H3,(H2,15,19)(H,16,17). The number of anilines is 1. The van der Waals surface area contributed by atoms with Gasteiger partial charge in [-0.1, -0.05) is 12.2 Å². The van der Waals surface area contributed by atoms with Crippen molar-refractivity contribution in [2.45, 2.75) is 33.8 Å². The molecule has 0 aliphatic rings. The van der Waals surface area contributed by atoms with Gasteiger partial charge in [-0.2, -0.15) is 0 Å². The van der Waals surface area contributed by atoms with Gasteiger partial charge in [-0.3, -0.25) is 4.79 Å². The zero-order chi connectivity index (χ0) is 14.6. The van der Waals surface area contributed by atoms with Crippen LogP contribution in [0.15, 0.2) is 24.3 Å². The number of rotatable bonds is 5. The molecule has 19 heavy (non-hydrogen) atoms. The van der Waals surface area contributed by atoms with E-state index in [2.05, 4.69) is 5.32 Å². The fraction of sp³-hybridized carbons (Fsp3) is 0.429. The molecule has 1 aromatic carbocycles. The van der Waals surface area contributed by atoms with E-state index in [1.807, 2.05) is 26.0 Å². The molecular weight excluding hydrogens is 260 g/mol. The minimum atomic E-state index is -0.873. The molecule has 0 aliphatic heterocycles. The Morgan fingerprint density at radius 1 is 1.32 bits per heavy atom. The van der Waals surface area contributed by atoms with Gasteiger partial charge in [0.2, 0.25) is 5.91 Å². The third kappa shape index (κ3) is 4.21. The van der Waals surface area contributed by atoms with Crippen molar-refractivity contribution < 1.29 is 9.53 Å². The van der Waals surface area contributed by atoms with Crippen molar-refractivity contribution in [3.8, 4) is 5.75 Å². The van der Waals surface area contributed by atoms with Crippen molar-refractivity contribution in [1.82, 2.24) is 0 Å². The number of thiocarbonyl (C=S) groups is 1. The van der Waals surface area contributed by atoms with Gasteiger partial charge in [0, 0.05) is 5.69 Å². The van der Waals surface area contributed by atoms with E-state index >= 15 is 0 Å². The topological polar surface area (TPSA) is 64.3 Å². The molecule has 3 N–H and O–H groups in total. The summed E-state index contributed by atoms with van der Waals surface area (Å²) >= 11 is 4.89. The number of nitrogens with one attached hydrogen (secondary N) is 1. The minimum absolute atomic E-state index is 0.119. The first kappa shape index (κ1) is 15.4. The fourth-order valence-corrected chi connectivity index (χ4v) is 1.38. The van der Waals surface area contributed by atoms with Gasteiger partial charge in [0.15, 0.2) is 0 Å². The maximum atomic E-state index is 12.0. The third-order valence-corrected chi connectivity index (χ3v) is 3.18. The number of carbonyl (C=O) groups is 1. The van der Waals surface area contributed by atoms with Crippen LogP contribution in [0.4, 0.5) is 5.69 Å². The van der Waals surface area contributed by atoms with Gasteiger partial charge >= 0.3 is 0 Å². The average molecular weight is 280 g/mol. The van der Waals surface area contributed by atoms with Crippen LogP contribution in [0.3, 0.4) is 0 Å². The third-order valence-electron chi connectivity index (χ3n) is 2.67. The highest BCUT2D eigenvalue weighted by Crippen LogP contribution is 2.21. The fourth-order valence-electron chi connectivity index (χ4n) is 1.29. The van der Waals surface area contributed by atoms with Crippen molar-refractivity contribution in [3.63, 3.8) is 0 Å². The lowest BCUT2D eigenvalue weighted by atomic mass is 9.92. The number of hydrogen-bond acceptors (Lipinski definition) is 3. The van der Waals surface area contributed by atoms with Gasteiger partial charge in [0.25, 0.3) is 0 Å². The van der Waals surface area contributed by atoms with Gasteiger partial charge in [-0.25, -0.2) is 0 Å². The lowest BCUT2D eigenvalue weighted by Gasteiger charge is -2.22. The molecule has 0 fully saturated rings. The predicted octanol–water partition coefficient (Wildman–Crippen LogP) is 2.72. The van der Waals surface area contributed by atoms with Crippen molar-refractivity contribution in [1.29, 1.82) is 0 Å². The van der Waals surface area contributed by atoms with Gasteiger partial charge in [-0.05, 0) is 52.0 Å². The number of ether oxygens (including phenoxy) is 1. The van der Waals surface area contributed by atoms with E-state index in [9.17, 15) is 4.79 Å². The number of nitrogens with two attached hydrogens (primary N) is 1. The van der Waals surface area contributed by atoms with Crippen LogP contribution < -0.4 is 15.8 Å². The van der Waals surface area contributed by atoms with Gasteiger partial charge in [-0.15, -0.1) is 0 Å². The zero-order valence-corrected chi connectivity index (χ0v) is 12.5. The van der Waals surface area contributed by atoms with E-state index in [0.29, 0.717) is 5.69 Å². The second-order valence-corrected chi connectivity index (χ2v) is 5.57. The summed E-state index contributed by atoms with van der Waals surface area (Å²) in [7, 11) is 0. The Hall–Kier alpha value is -1.62. The quantitative estimate of drug-likeness (QED) is 0.814. The summed E-state index contributed by atoms with van der Waals surface area (Å²) in [5.41, 5.74) is 5.37. The smallest absolute Gasteiger partial charge is 0.236 e. The largest absolute Gasteiger partial charge is 0.491 e. The molecule has 0 heterocycles. The summed E-state index contributed by atoms with van der Waals surface area (Å²) in [6.07, 6.45) is 0.119. The minimum Gasteiger partial charge on any atom is -0.491 e. The van der Waals surface area contributed by atoms with Crippen molar-refractivity contribution in [2.24, 2.45) is 11.1 Å². The van der Waals surface area contributed by atoms with Crippen LogP contribution in [-0.4, -0.2) is 17.0 Å². The normalized spacial score (nSPS) is 11.2. The molecule has 0 saturated heterocycles. The van der Waals surface area contributed by atoms with Crippen LogP contribution in [0.1, 0.15) is 27.7 Å². The molecule has 0 aromatic heterocycles. The van der Waals surface area contributed by atoms with Crippen LogP contribution >= 0.6 is 12.2 Å². The monoisotopic (exact) mass is 280 g/mol. The number of benzene rings is 1. The average Bonchev–Trinajstić information content (AvgIpc) is 2.30. The Kier molecular flexibility index (Phi) is 4.89. The summed E-state index contributed by atoms with van der Waals surface area (Å²) in [6, 6.07) is 7.18. The van der Waals surface area contributed by atoms with Crippen molar-refractivity contribution >= 4 is 28.8 Å². The highest BCUT2D eigenvalue weighted by Gasteiger charge is 2.30. The molecule has 1 amide bonds.